The number of nitrogens with two attached hydrogens (primary N) is 1. The molecule has 0 fully saturated rings. The fraction of sp³-hybridized carbons (Fsp3) is 0.538. The summed E-state index contributed by atoms with van der Waals surface area (Å²) in [4.78, 5) is 1.30. The molecule has 0 aliphatic rings. The highest BCUT2D eigenvalue weighted by Gasteiger charge is 2.23. The van der Waals surface area contributed by atoms with Crippen LogP contribution in [0.15, 0.2) is 29.2 Å². The van der Waals surface area contributed by atoms with Crippen LogP contribution in [0.2, 0.25) is 0 Å². The first-order valence-corrected chi connectivity index (χ1v) is 6.57. The summed E-state index contributed by atoms with van der Waals surface area (Å²) >= 11 is 1.85. The first-order chi connectivity index (χ1) is 7.43. The Hall–Kier alpha value is -0.510. The Bertz CT molecular complexity index is 314. The van der Waals surface area contributed by atoms with Gasteiger partial charge < -0.3 is 0 Å². The highest BCUT2D eigenvalue weighted by Crippen LogP contribution is 2.26. The van der Waals surface area contributed by atoms with Crippen LogP contribution in [0.4, 0.5) is 0 Å². The zero-order chi connectivity index (χ0) is 12.2. The summed E-state index contributed by atoms with van der Waals surface area (Å²) < 4.78 is 0. The van der Waals surface area contributed by atoms with Gasteiger partial charge in [0.15, 0.2) is 0 Å². The number of benzene rings is 1. The van der Waals surface area contributed by atoms with Crippen molar-refractivity contribution in [2.45, 2.75) is 38.6 Å². The maximum atomic E-state index is 5.58. The highest BCUT2D eigenvalue weighted by atomic mass is 32.2. The Morgan fingerprint density at radius 1 is 1.25 bits per heavy atom. The highest BCUT2D eigenvalue weighted by molar-refractivity contribution is 7.99. The Kier molecular flexibility index (Phi) is 4.84. The van der Waals surface area contributed by atoms with E-state index in [1.165, 1.54) is 10.5 Å². The molecule has 3 heteroatoms. The molecular weight excluding hydrogens is 216 g/mol. The van der Waals surface area contributed by atoms with Crippen molar-refractivity contribution < 1.29 is 0 Å². The average molecular weight is 238 g/mol. The van der Waals surface area contributed by atoms with Crippen LogP contribution in [0.5, 0.6) is 0 Å². The summed E-state index contributed by atoms with van der Waals surface area (Å²) in [5, 5.41) is 0. The van der Waals surface area contributed by atoms with Crippen LogP contribution in [0.3, 0.4) is 0 Å². The van der Waals surface area contributed by atoms with E-state index in [2.05, 4.69) is 57.4 Å². The zero-order valence-electron chi connectivity index (χ0n) is 10.6. The largest absolute Gasteiger partial charge is 0.271 e. The first-order valence-electron chi connectivity index (χ1n) is 5.59. The van der Waals surface area contributed by atoms with E-state index in [1.54, 1.807) is 0 Å². The third-order valence-electron chi connectivity index (χ3n) is 2.68. The van der Waals surface area contributed by atoms with Crippen LogP contribution in [0, 0.1) is 12.3 Å². The molecule has 16 heavy (non-hydrogen) atoms. The lowest BCUT2D eigenvalue weighted by Crippen LogP contribution is -2.46. The molecule has 0 aliphatic carbocycles. The van der Waals surface area contributed by atoms with Crippen molar-refractivity contribution in [1.29, 1.82) is 0 Å². The van der Waals surface area contributed by atoms with Crippen LogP contribution >= 0.6 is 11.8 Å². The van der Waals surface area contributed by atoms with E-state index in [4.69, 9.17) is 5.84 Å². The third kappa shape index (κ3) is 4.16. The molecule has 1 aromatic carbocycles. The van der Waals surface area contributed by atoms with Gasteiger partial charge in [0.05, 0.1) is 0 Å². The standard InChI is InChI=1S/C13H22N2S/c1-10-5-7-11(8-6-10)16-9-12(15-14)13(2,3)4/h5-8,12,15H,9,14H2,1-4H3. The van der Waals surface area contributed by atoms with E-state index in [9.17, 15) is 0 Å². The van der Waals surface area contributed by atoms with Crippen molar-refractivity contribution in [3.05, 3.63) is 29.8 Å². The van der Waals surface area contributed by atoms with Gasteiger partial charge in [0.25, 0.3) is 0 Å². The van der Waals surface area contributed by atoms with Crippen molar-refractivity contribution in [3.63, 3.8) is 0 Å². The van der Waals surface area contributed by atoms with Gasteiger partial charge in [0.1, 0.15) is 0 Å². The molecule has 0 spiro atoms. The number of hydrogen-bond acceptors (Lipinski definition) is 3. The second-order valence-electron chi connectivity index (χ2n) is 5.21. The molecule has 0 saturated carbocycles. The SMILES string of the molecule is Cc1ccc(SCC(NN)C(C)(C)C)cc1. The Morgan fingerprint density at radius 2 is 1.81 bits per heavy atom. The van der Waals surface area contributed by atoms with E-state index >= 15 is 0 Å². The number of rotatable bonds is 4. The van der Waals surface area contributed by atoms with Crippen molar-refractivity contribution in [2.24, 2.45) is 11.3 Å². The molecule has 1 unspecified atom stereocenters. The van der Waals surface area contributed by atoms with Gasteiger partial charge in [-0.1, -0.05) is 38.5 Å². The smallest absolute Gasteiger partial charge is 0.0353 e. The number of aryl methyl sites for hydroxylation is 1. The molecule has 0 heterocycles. The Labute approximate surface area is 103 Å². The van der Waals surface area contributed by atoms with Gasteiger partial charge in [-0.05, 0) is 24.5 Å². The van der Waals surface area contributed by atoms with Crippen LogP contribution in [0.25, 0.3) is 0 Å². The van der Waals surface area contributed by atoms with Crippen molar-refractivity contribution in [1.82, 2.24) is 5.43 Å². The van der Waals surface area contributed by atoms with Crippen LogP contribution in [0.1, 0.15) is 26.3 Å². The van der Waals surface area contributed by atoms with Gasteiger partial charge in [-0.2, -0.15) is 0 Å². The molecule has 0 bridgehead atoms. The molecular formula is C13H22N2S. The van der Waals surface area contributed by atoms with E-state index in [0.29, 0.717) is 6.04 Å². The molecule has 0 radical (unpaired) electrons. The maximum absolute atomic E-state index is 5.58. The monoisotopic (exact) mass is 238 g/mol. The summed E-state index contributed by atoms with van der Waals surface area (Å²) in [6, 6.07) is 8.93. The quantitative estimate of drug-likeness (QED) is 0.481. The summed E-state index contributed by atoms with van der Waals surface area (Å²) in [7, 11) is 0. The summed E-state index contributed by atoms with van der Waals surface area (Å²) in [5.74, 6) is 6.57. The van der Waals surface area contributed by atoms with Gasteiger partial charge >= 0.3 is 0 Å². The van der Waals surface area contributed by atoms with Gasteiger partial charge in [-0.25, -0.2) is 0 Å². The van der Waals surface area contributed by atoms with Crippen molar-refractivity contribution in [3.8, 4) is 0 Å². The molecule has 1 rings (SSSR count). The van der Waals surface area contributed by atoms with Gasteiger partial charge in [-0.3, -0.25) is 11.3 Å². The Balaban J connectivity index is 2.53. The molecule has 90 valence electrons. The lowest BCUT2D eigenvalue weighted by Gasteiger charge is -2.29. The van der Waals surface area contributed by atoms with E-state index in [0.717, 1.165) is 5.75 Å². The minimum Gasteiger partial charge on any atom is -0.271 e. The summed E-state index contributed by atoms with van der Waals surface area (Å²) in [6.45, 7) is 8.71. The van der Waals surface area contributed by atoms with Crippen LogP contribution in [-0.2, 0) is 0 Å². The summed E-state index contributed by atoms with van der Waals surface area (Å²) in [6.07, 6.45) is 0. The minimum atomic E-state index is 0.187. The van der Waals surface area contributed by atoms with E-state index in [1.807, 2.05) is 11.8 Å². The average Bonchev–Trinajstić information content (AvgIpc) is 2.19. The molecule has 0 amide bonds. The van der Waals surface area contributed by atoms with Crippen LogP contribution < -0.4 is 11.3 Å². The Morgan fingerprint density at radius 3 is 2.25 bits per heavy atom. The molecule has 3 N–H and O–H groups in total. The third-order valence-corrected chi connectivity index (χ3v) is 3.79. The second kappa shape index (κ2) is 5.71. The lowest BCUT2D eigenvalue weighted by molar-refractivity contribution is 0.294. The van der Waals surface area contributed by atoms with Gasteiger partial charge in [-0.15, -0.1) is 11.8 Å². The van der Waals surface area contributed by atoms with Gasteiger partial charge in [0.2, 0.25) is 0 Å². The maximum Gasteiger partial charge on any atom is 0.0353 e. The van der Waals surface area contributed by atoms with Crippen molar-refractivity contribution in [2.75, 3.05) is 5.75 Å². The second-order valence-corrected chi connectivity index (χ2v) is 6.30. The molecule has 2 nitrogen and oxygen atoms in total. The predicted octanol–water partition coefficient (Wildman–Crippen LogP) is 2.97. The zero-order valence-corrected chi connectivity index (χ0v) is 11.4. The van der Waals surface area contributed by atoms with Gasteiger partial charge in [0, 0.05) is 16.7 Å². The molecule has 1 aromatic rings. The van der Waals surface area contributed by atoms with E-state index in [-0.39, 0.29) is 5.41 Å². The first kappa shape index (κ1) is 13.6. The molecule has 1 atom stereocenters. The lowest BCUT2D eigenvalue weighted by atomic mass is 9.88. The number of hydrogen-bond donors (Lipinski definition) is 2. The fourth-order valence-corrected chi connectivity index (χ4v) is 2.65. The molecule has 0 saturated heterocycles. The molecule has 0 aromatic heterocycles. The number of nitrogens with one attached hydrogen (secondary N) is 1. The number of hydrazine groups is 1. The molecule has 0 aliphatic heterocycles. The fourth-order valence-electron chi connectivity index (χ4n) is 1.36. The number of thioether (sulfide) groups is 1. The normalized spacial score (nSPS) is 13.8. The predicted molar refractivity (Wildman–Crippen MR) is 72.5 cm³/mol. The van der Waals surface area contributed by atoms with Crippen molar-refractivity contribution >= 4 is 11.8 Å². The topological polar surface area (TPSA) is 38.0 Å². The van der Waals surface area contributed by atoms with Crippen LogP contribution in [-0.4, -0.2) is 11.8 Å². The summed E-state index contributed by atoms with van der Waals surface area (Å²) in [5.41, 5.74) is 4.39. The minimum absolute atomic E-state index is 0.187. The van der Waals surface area contributed by atoms with E-state index < -0.39 is 0 Å².